The molecule has 0 amide bonds. The van der Waals surface area contributed by atoms with Gasteiger partial charge < -0.3 is 4.74 Å². The Hall–Kier alpha value is -1.19. The summed E-state index contributed by atoms with van der Waals surface area (Å²) < 4.78 is 29.4. The number of halogens is 2. The van der Waals surface area contributed by atoms with Crippen molar-refractivity contribution in [1.29, 1.82) is 0 Å². The predicted octanol–water partition coefficient (Wildman–Crippen LogP) is 3.80. The first-order valence-electron chi connectivity index (χ1n) is 5.90. The molecule has 17 heavy (non-hydrogen) atoms. The minimum atomic E-state index is -2.47. The molecule has 0 aliphatic carbocycles. The Morgan fingerprint density at radius 2 is 2.00 bits per heavy atom. The molecule has 0 atom stereocenters. The zero-order valence-corrected chi connectivity index (χ0v) is 10.5. The first kappa shape index (κ1) is 13.9. The second-order valence-electron chi connectivity index (χ2n) is 4.33. The average Bonchev–Trinajstić information content (AvgIpc) is 2.35. The van der Waals surface area contributed by atoms with Crippen LogP contribution >= 0.6 is 0 Å². The number of pyridine rings is 1. The predicted molar refractivity (Wildman–Crippen MR) is 63.7 cm³/mol. The lowest BCUT2D eigenvalue weighted by Gasteiger charge is -2.28. The summed E-state index contributed by atoms with van der Waals surface area (Å²) in [5.74, 6) is 0.332. The van der Waals surface area contributed by atoms with Crippen molar-refractivity contribution >= 4 is 0 Å². The number of nitrogens with zero attached hydrogens (tertiary/aromatic N) is 1. The third-order valence-corrected chi connectivity index (χ3v) is 3.33. The van der Waals surface area contributed by atoms with Gasteiger partial charge in [0, 0.05) is 11.8 Å². The topological polar surface area (TPSA) is 22.1 Å². The Bertz CT molecular complexity index is 351. The highest BCUT2D eigenvalue weighted by Crippen LogP contribution is 2.35. The Morgan fingerprint density at radius 1 is 1.35 bits per heavy atom. The molecule has 0 radical (unpaired) electrons. The van der Waals surface area contributed by atoms with Crippen molar-refractivity contribution in [3.05, 3.63) is 23.9 Å². The van der Waals surface area contributed by atoms with E-state index in [1.807, 2.05) is 12.1 Å². The molecule has 0 unspecified atom stereocenters. The maximum absolute atomic E-state index is 12.2. The fourth-order valence-electron chi connectivity index (χ4n) is 1.74. The third-order valence-electron chi connectivity index (χ3n) is 3.33. The van der Waals surface area contributed by atoms with Gasteiger partial charge in [-0.3, -0.25) is 0 Å². The zero-order valence-electron chi connectivity index (χ0n) is 10.5. The third kappa shape index (κ3) is 3.38. The molecule has 0 aromatic carbocycles. The Morgan fingerprint density at radius 3 is 2.53 bits per heavy atom. The number of hydrogen-bond donors (Lipinski definition) is 0. The smallest absolute Gasteiger partial charge is 0.272 e. The maximum atomic E-state index is 12.2. The van der Waals surface area contributed by atoms with Gasteiger partial charge in [0.25, 0.3) is 6.43 Å². The van der Waals surface area contributed by atoms with Gasteiger partial charge in [0.05, 0.1) is 0 Å². The molecule has 0 N–H and O–H groups in total. The monoisotopic (exact) mass is 243 g/mol. The summed E-state index contributed by atoms with van der Waals surface area (Å²) in [6.07, 6.45) is 0.927. The Kier molecular flexibility index (Phi) is 4.85. The molecule has 4 heteroatoms. The van der Waals surface area contributed by atoms with Crippen molar-refractivity contribution in [3.8, 4) is 5.88 Å². The quantitative estimate of drug-likeness (QED) is 0.758. The summed E-state index contributed by atoms with van der Waals surface area (Å²) >= 11 is 0. The van der Waals surface area contributed by atoms with E-state index in [4.69, 9.17) is 4.74 Å². The van der Waals surface area contributed by atoms with Crippen LogP contribution in [0.15, 0.2) is 18.3 Å². The second-order valence-corrected chi connectivity index (χ2v) is 4.33. The molecule has 0 aliphatic rings. The SMILES string of the molecule is CCC(C)(CC)c1cccnc1OCC(F)F. The van der Waals surface area contributed by atoms with Crippen molar-refractivity contribution in [2.24, 2.45) is 0 Å². The van der Waals surface area contributed by atoms with E-state index >= 15 is 0 Å². The van der Waals surface area contributed by atoms with Gasteiger partial charge in [-0.05, 0) is 24.3 Å². The maximum Gasteiger partial charge on any atom is 0.272 e. The molecular formula is C13H19F2NO. The van der Waals surface area contributed by atoms with E-state index in [2.05, 4.69) is 25.8 Å². The van der Waals surface area contributed by atoms with Gasteiger partial charge in [0.2, 0.25) is 5.88 Å². The minimum Gasteiger partial charge on any atom is -0.471 e. The van der Waals surface area contributed by atoms with Crippen molar-refractivity contribution in [2.45, 2.75) is 45.5 Å². The molecule has 1 rings (SSSR count). The molecule has 0 fully saturated rings. The van der Waals surface area contributed by atoms with Gasteiger partial charge in [-0.1, -0.05) is 26.8 Å². The number of rotatable bonds is 6. The van der Waals surface area contributed by atoms with Crippen LogP contribution in [0.5, 0.6) is 5.88 Å². The summed E-state index contributed by atoms with van der Waals surface area (Å²) in [6.45, 7) is 5.65. The Balaban J connectivity index is 2.98. The highest BCUT2D eigenvalue weighted by Gasteiger charge is 2.26. The van der Waals surface area contributed by atoms with Crippen LogP contribution < -0.4 is 4.74 Å². The number of hydrogen-bond acceptors (Lipinski definition) is 2. The van der Waals surface area contributed by atoms with Crippen LogP contribution in [0, 0.1) is 0 Å². The molecule has 2 nitrogen and oxygen atoms in total. The lowest BCUT2D eigenvalue weighted by Crippen LogP contribution is -2.22. The van der Waals surface area contributed by atoms with E-state index in [0.29, 0.717) is 5.88 Å². The zero-order chi connectivity index (χ0) is 12.9. The summed E-state index contributed by atoms with van der Waals surface area (Å²) in [4.78, 5) is 4.06. The summed E-state index contributed by atoms with van der Waals surface area (Å²) in [5.41, 5.74) is 0.830. The number of aromatic nitrogens is 1. The van der Waals surface area contributed by atoms with Crippen LogP contribution in [0.1, 0.15) is 39.2 Å². The van der Waals surface area contributed by atoms with Crippen LogP contribution in [0.2, 0.25) is 0 Å². The molecule has 1 aromatic rings. The normalized spacial score (nSPS) is 11.9. The minimum absolute atomic E-state index is 0.0777. The molecule has 0 bridgehead atoms. The van der Waals surface area contributed by atoms with Gasteiger partial charge in [-0.15, -0.1) is 0 Å². The summed E-state index contributed by atoms with van der Waals surface area (Å²) in [5, 5.41) is 0. The summed E-state index contributed by atoms with van der Waals surface area (Å²) in [7, 11) is 0. The van der Waals surface area contributed by atoms with E-state index in [1.165, 1.54) is 0 Å². The fourth-order valence-corrected chi connectivity index (χ4v) is 1.74. The van der Waals surface area contributed by atoms with Crippen molar-refractivity contribution < 1.29 is 13.5 Å². The molecule has 1 heterocycles. The van der Waals surface area contributed by atoms with Crippen LogP contribution in [-0.4, -0.2) is 18.0 Å². The van der Waals surface area contributed by atoms with Gasteiger partial charge in [0.1, 0.15) is 0 Å². The van der Waals surface area contributed by atoms with Crippen LogP contribution in [0.25, 0.3) is 0 Å². The fraction of sp³-hybridized carbons (Fsp3) is 0.615. The average molecular weight is 243 g/mol. The number of ether oxygens (including phenoxy) is 1. The van der Waals surface area contributed by atoms with Gasteiger partial charge in [-0.2, -0.15) is 0 Å². The molecule has 1 aromatic heterocycles. The van der Waals surface area contributed by atoms with Crippen molar-refractivity contribution in [1.82, 2.24) is 4.98 Å². The van der Waals surface area contributed by atoms with E-state index in [0.717, 1.165) is 18.4 Å². The molecule has 0 aliphatic heterocycles. The van der Waals surface area contributed by atoms with Crippen LogP contribution in [-0.2, 0) is 5.41 Å². The van der Waals surface area contributed by atoms with E-state index < -0.39 is 13.0 Å². The first-order valence-corrected chi connectivity index (χ1v) is 5.90. The summed E-state index contributed by atoms with van der Waals surface area (Å²) in [6, 6.07) is 3.72. The van der Waals surface area contributed by atoms with Gasteiger partial charge in [-0.25, -0.2) is 13.8 Å². The molecule has 96 valence electrons. The van der Waals surface area contributed by atoms with Crippen molar-refractivity contribution in [2.75, 3.05) is 6.61 Å². The Labute approximate surface area is 101 Å². The molecule has 0 spiro atoms. The van der Waals surface area contributed by atoms with Crippen LogP contribution in [0.4, 0.5) is 8.78 Å². The largest absolute Gasteiger partial charge is 0.471 e. The molecule has 0 saturated carbocycles. The molecular weight excluding hydrogens is 224 g/mol. The van der Waals surface area contributed by atoms with E-state index in [1.54, 1.807) is 6.20 Å². The molecule has 0 saturated heterocycles. The standard InChI is InChI=1S/C13H19F2NO/c1-4-13(3,5-2)10-7-6-8-16-12(10)17-9-11(14)15/h6-8,11H,4-5,9H2,1-3H3. The van der Waals surface area contributed by atoms with Gasteiger partial charge >= 0.3 is 0 Å². The van der Waals surface area contributed by atoms with E-state index in [9.17, 15) is 8.78 Å². The highest BCUT2D eigenvalue weighted by atomic mass is 19.3. The highest BCUT2D eigenvalue weighted by molar-refractivity contribution is 5.33. The first-order chi connectivity index (χ1) is 8.03. The lowest BCUT2D eigenvalue weighted by atomic mass is 9.78. The lowest BCUT2D eigenvalue weighted by molar-refractivity contribution is 0.0782. The van der Waals surface area contributed by atoms with E-state index in [-0.39, 0.29) is 5.41 Å². The van der Waals surface area contributed by atoms with Crippen molar-refractivity contribution in [3.63, 3.8) is 0 Å². The van der Waals surface area contributed by atoms with Crippen LogP contribution in [0.3, 0.4) is 0 Å². The number of alkyl halides is 2. The van der Waals surface area contributed by atoms with Gasteiger partial charge in [0.15, 0.2) is 6.61 Å². The second kappa shape index (κ2) is 5.94.